The first kappa shape index (κ1) is 28.6. The van der Waals surface area contributed by atoms with E-state index in [0.29, 0.717) is 18.9 Å². The monoisotopic (exact) mass is 474 g/mol. The highest BCUT2D eigenvalue weighted by molar-refractivity contribution is 5.74. The Morgan fingerprint density at radius 3 is 2.36 bits per heavy atom. The molecule has 1 aromatic rings. The van der Waals surface area contributed by atoms with Crippen LogP contribution in [0.25, 0.3) is 0 Å². The highest BCUT2D eigenvalue weighted by Crippen LogP contribution is 2.17. The van der Waals surface area contributed by atoms with Crippen molar-refractivity contribution in [2.24, 2.45) is 0 Å². The molecule has 0 aromatic heterocycles. The molecule has 0 aliphatic carbocycles. The molecule has 0 heterocycles. The van der Waals surface area contributed by atoms with Gasteiger partial charge in [-0.2, -0.15) is 0 Å². The number of benzene rings is 1. The second-order valence-electron chi connectivity index (χ2n) is 7.46. The molecule has 1 rings (SSSR count). The van der Waals surface area contributed by atoms with Crippen LogP contribution in [0.15, 0.2) is 24.3 Å². The van der Waals surface area contributed by atoms with E-state index in [9.17, 15) is 23.5 Å². The number of ether oxygens (including phenoxy) is 3. The summed E-state index contributed by atoms with van der Waals surface area (Å²) in [6.45, 7) is 5.80. The minimum Gasteiger partial charge on any atom is -0.492 e. The molecule has 0 aliphatic heterocycles. The van der Waals surface area contributed by atoms with Crippen molar-refractivity contribution in [1.29, 1.82) is 0 Å². The normalized spacial score (nSPS) is 12.3. The molecule has 0 spiro atoms. The molecule has 8 nitrogen and oxygen atoms in total. The SMILES string of the molecule is CCCNC(=O)N(CCOCC(F)(F)CC)CCOc1ccc(CC(OCC)C(=O)O)cc1. The fraction of sp³-hybridized carbons (Fsp3) is 0.652. The number of nitrogens with zero attached hydrogens (tertiary/aromatic N) is 1. The van der Waals surface area contributed by atoms with Gasteiger partial charge in [-0.15, -0.1) is 0 Å². The van der Waals surface area contributed by atoms with Crippen LogP contribution in [0.5, 0.6) is 5.75 Å². The molecule has 188 valence electrons. The number of carbonyl (C=O) groups is 2. The van der Waals surface area contributed by atoms with Gasteiger partial charge in [0.25, 0.3) is 5.92 Å². The number of carboxylic acid groups (broad SMARTS) is 1. The minimum absolute atomic E-state index is 0.00555. The van der Waals surface area contributed by atoms with Crippen LogP contribution in [-0.2, 0) is 20.7 Å². The number of carboxylic acids is 1. The van der Waals surface area contributed by atoms with Crippen LogP contribution >= 0.6 is 0 Å². The average molecular weight is 475 g/mol. The molecule has 0 aliphatic rings. The van der Waals surface area contributed by atoms with Gasteiger partial charge in [-0.05, 0) is 31.0 Å². The Morgan fingerprint density at radius 1 is 1.12 bits per heavy atom. The highest BCUT2D eigenvalue weighted by Gasteiger charge is 2.26. The summed E-state index contributed by atoms with van der Waals surface area (Å²) >= 11 is 0. The number of aliphatic carboxylic acids is 1. The van der Waals surface area contributed by atoms with Crippen molar-refractivity contribution in [1.82, 2.24) is 10.2 Å². The van der Waals surface area contributed by atoms with Crippen molar-refractivity contribution in [3.05, 3.63) is 29.8 Å². The lowest BCUT2D eigenvalue weighted by molar-refractivity contribution is -0.149. The number of hydrogen-bond donors (Lipinski definition) is 2. The maximum atomic E-state index is 13.3. The summed E-state index contributed by atoms with van der Waals surface area (Å²) in [6.07, 6.45) is -0.195. The molecule has 2 N–H and O–H groups in total. The maximum Gasteiger partial charge on any atom is 0.333 e. The second-order valence-corrected chi connectivity index (χ2v) is 7.46. The molecule has 1 aromatic carbocycles. The van der Waals surface area contributed by atoms with Crippen LogP contribution in [0.4, 0.5) is 13.6 Å². The number of amides is 2. The molecule has 0 radical (unpaired) electrons. The Balaban J connectivity index is 2.55. The van der Waals surface area contributed by atoms with Crippen LogP contribution in [0, 0.1) is 0 Å². The van der Waals surface area contributed by atoms with Crippen molar-refractivity contribution < 1.29 is 37.7 Å². The Kier molecular flexibility index (Phi) is 13.3. The van der Waals surface area contributed by atoms with Crippen molar-refractivity contribution in [2.75, 3.05) is 46.1 Å². The summed E-state index contributed by atoms with van der Waals surface area (Å²) in [4.78, 5) is 25.0. The lowest BCUT2D eigenvalue weighted by atomic mass is 10.1. The van der Waals surface area contributed by atoms with E-state index < -0.39 is 24.6 Å². The maximum absolute atomic E-state index is 13.3. The van der Waals surface area contributed by atoms with E-state index in [1.807, 2.05) is 6.92 Å². The van der Waals surface area contributed by atoms with Gasteiger partial charge in [0, 0.05) is 32.5 Å². The number of rotatable bonds is 17. The Hall–Kier alpha value is -2.46. The Morgan fingerprint density at radius 2 is 1.79 bits per heavy atom. The summed E-state index contributed by atoms with van der Waals surface area (Å²) < 4.78 is 42.6. The van der Waals surface area contributed by atoms with Crippen LogP contribution in [-0.4, -0.2) is 80.1 Å². The number of alkyl halides is 2. The van der Waals surface area contributed by atoms with Crippen molar-refractivity contribution in [2.45, 2.75) is 52.1 Å². The lowest BCUT2D eigenvalue weighted by Gasteiger charge is -2.24. The number of urea groups is 1. The molecule has 1 unspecified atom stereocenters. The van der Waals surface area contributed by atoms with E-state index in [2.05, 4.69) is 5.32 Å². The molecular formula is C23H36F2N2O6. The number of nitrogens with one attached hydrogen (secondary N) is 1. The number of carbonyl (C=O) groups excluding carboxylic acids is 1. The van der Waals surface area contributed by atoms with Gasteiger partial charge in [-0.3, -0.25) is 0 Å². The predicted octanol–water partition coefficient (Wildman–Crippen LogP) is 3.58. The fourth-order valence-electron chi connectivity index (χ4n) is 2.79. The zero-order chi connectivity index (χ0) is 24.7. The zero-order valence-corrected chi connectivity index (χ0v) is 19.6. The lowest BCUT2D eigenvalue weighted by Crippen LogP contribution is -2.44. The van der Waals surface area contributed by atoms with Gasteiger partial charge in [0.15, 0.2) is 6.10 Å². The third kappa shape index (κ3) is 11.8. The van der Waals surface area contributed by atoms with Gasteiger partial charge in [0.1, 0.15) is 19.0 Å². The zero-order valence-electron chi connectivity index (χ0n) is 19.6. The van der Waals surface area contributed by atoms with Crippen molar-refractivity contribution in [3.63, 3.8) is 0 Å². The van der Waals surface area contributed by atoms with Crippen LogP contribution < -0.4 is 10.1 Å². The topological polar surface area (TPSA) is 97.3 Å². The first-order valence-corrected chi connectivity index (χ1v) is 11.3. The van der Waals surface area contributed by atoms with E-state index in [1.165, 1.54) is 11.8 Å². The van der Waals surface area contributed by atoms with Gasteiger partial charge in [-0.1, -0.05) is 26.0 Å². The summed E-state index contributed by atoms with van der Waals surface area (Å²) in [5.41, 5.74) is 0.796. The summed E-state index contributed by atoms with van der Waals surface area (Å²) in [6, 6.07) is 6.66. The highest BCUT2D eigenvalue weighted by atomic mass is 19.3. The van der Waals surface area contributed by atoms with Crippen molar-refractivity contribution >= 4 is 12.0 Å². The minimum atomic E-state index is -2.88. The van der Waals surface area contributed by atoms with Gasteiger partial charge < -0.3 is 29.5 Å². The summed E-state index contributed by atoms with van der Waals surface area (Å²) in [5, 5.41) is 11.9. The van der Waals surface area contributed by atoms with Gasteiger partial charge in [0.05, 0.1) is 13.2 Å². The quantitative estimate of drug-likeness (QED) is 0.335. The summed E-state index contributed by atoms with van der Waals surface area (Å²) in [7, 11) is 0. The molecule has 2 amide bonds. The van der Waals surface area contributed by atoms with Crippen LogP contribution in [0.1, 0.15) is 39.2 Å². The van der Waals surface area contributed by atoms with E-state index in [0.717, 1.165) is 12.0 Å². The van der Waals surface area contributed by atoms with Crippen molar-refractivity contribution in [3.8, 4) is 5.75 Å². The molecule has 33 heavy (non-hydrogen) atoms. The van der Waals surface area contributed by atoms with Gasteiger partial charge in [-0.25, -0.2) is 18.4 Å². The summed E-state index contributed by atoms with van der Waals surface area (Å²) in [5.74, 6) is -3.33. The molecule has 0 bridgehead atoms. The third-order valence-corrected chi connectivity index (χ3v) is 4.77. The van der Waals surface area contributed by atoms with Crippen LogP contribution in [0.3, 0.4) is 0 Å². The number of halogens is 2. The van der Waals surface area contributed by atoms with E-state index in [1.54, 1.807) is 31.2 Å². The first-order valence-electron chi connectivity index (χ1n) is 11.3. The molecule has 0 saturated heterocycles. The smallest absolute Gasteiger partial charge is 0.333 e. The molecule has 0 saturated carbocycles. The van der Waals surface area contributed by atoms with Crippen LogP contribution in [0.2, 0.25) is 0 Å². The van der Waals surface area contributed by atoms with E-state index in [4.69, 9.17) is 14.2 Å². The Labute approximate surface area is 194 Å². The first-order chi connectivity index (χ1) is 15.7. The average Bonchev–Trinajstić information content (AvgIpc) is 2.79. The number of hydrogen-bond acceptors (Lipinski definition) is 5. The molecular weight excluding hydrogens is 438 g/mol. The molecule has 0 fully saturated rings. The predicted molar refractivity (Wildman–Crippen MR) is 120 cm³/mol. The standard InChI is InChI=1S/C23H36F2N2O6/c1-4-11-26-22(30)27(12-14-31-17-23(24,25)5-2)13-15-33-19-9-7-18(8-10-19)16-20(21(28)29)32-6-3/h7-10,20H,4-6,11-17H2,1-3H3,(H,26,30)(H,28,29). The van der Waals surface area contributed by atoms with Gasteiger partial charge >= 0.3 is 12.0 Å². The third-order valence-electron chi connectivity index (χ3n) is 4.77. The molecule has 1 atom stereocenters. The second kappa shape index (κ2) is 15.4. The van der Waals surface area contributed by atoms with E-state index in [-0.39, 0.29) is 45.2 Å². The Bertz CT molecular complexity index is 703. The fourth-order valence-corrected chi connectivity index (χ4v) is 2.79. The molecule has 10 heteroatoms. The van der Waals surface area contributed by atoms with Gasteiger partial charge in [0.2, 0.25) is 0 Å². The van der Waals surface area contributed by atoms with E-state index >= 15 is 0 Å². The largest absolute Gasteiger partial charge is 0.492 e.